The second-order valence-corrected chi connectivity index (χ2v) is 9.43. The van der Waals surface area contributed by atoms with Crippen molar-refractivity contribution in [1.29, 1.82) is 0 Å². The number of aromatic nitrogens is 1. The SMILES string of the molecule is COCC1=C(C(=O)OCOC(=O)C(C)C)N2C(=O)C(NC(=O)/C(=N\O)c3csc(N)n3)[C@H]2SC1. The molecule has 0 radical (unpaired) electrons. The molecule has 2 atom stereocenters. The third-order valence-electron chi connectivity index (χ3n) is 4.79. The molecule has 3 heterocycles. The Morgan fingerprint density at radius 2 is 2.12 bits per heavy atom. The highest BCUT2D eigenvalue weighted by Gasteiger charge is 2.54. The molecule has 0 bridgehead atoms. The van der Waals surface area contributed by atoms with Crippen molar-refractivity contribution in [2.75, 3.05) is 32.0 Å². The van der Waals surface area contributed by atoms with Gasteiger partial charge in [0.25, 0.3) is 11.8 Å². The van der Waals surface area contributed by atoms with Crippen LogP contribution in [0, 0.1) is 5.92 Å². The number of thiazole rings is 1. The van der Waals surface area contributed by atoms with E-state index in [1.54, 1.807) is 13.8 Å². The fourth-order valence-corrected chi connectivity index (χ4v) is 5.03. The van der Waals surface area contributed by atoms with Gasteiger partial charge < -0.3 is 30.5 Å². The number of nitrogens with one attached hydrogen (secondary N) is 1. The van der Waals surface area contributed by atoms with Crippen LogP contribution >= 0.6 is 23.1 Å². The van der Waals surface area contributed by atoms with E-state index in [0.717, 1.165) is 11.3 Å². The first-order valence-corrected chi connectivity index (χ1v) is 11.9. The van der Waals surface area contributed by atoms with E-state index < -0.39 is 53.6 Å². The number of nitrogens with two attached hydrogens (primary N) is 1. The quantitative estimate of drug-likeness (QED) is 0.100. The zero-order valence-electron chi connectivity index (χ0n) is 18.5. The van der Waals surface area contributed by atoms with E-state index in [0.29, 0.717) is 11.3 Å². The summed E-state index contributed by atoms with van der Waals surface area (Å²) in [7, 11) is 1.44. The number of methoxy groups -OCH3 is 1. The van der Waals surface area contributed by atoms with Crippen molar-refractivity contribution in [3.05, 3.63) is 22.3 Å². The third-order valence-corrected chi connectivity index (χ3v) is 6.80. The molecule has 1 aromatic heterocycles. The maximum Gasteiger partial charge on any atom is 0.358 e. The Kier molecular flexibility index (Phi) is 8.11. The van der Waals surface area contributed by atoms with Gasteiger partial charge in [-0.2, -0.15) is 0 Å². The number of fused-ring (bicyclic) bond motifs is 1. The van der Waals surface area contributed by atoms with Gasteiger partial charge in [-0.1, -0.05) is 19.0 Å². The third kappa shape index (κ3) is 5.15. The average molecular weight is 514 g/mol. The van der Waals surface area contributed by atoms with Gasteiger partial charge >= 0.3 is 11.9 Å². The number of β-lactam (4-membered cyclic amide) rings is 1. The van der Waals surface area contributed by atoms with Gasteiger partial charge in [-0.25, -0.2) is 9.78 Å². The number of carbonyl (C=O) groups excluding carboxylic acids is 4. The van der Waals surface area contributed by atoms with Crippen molar-refractivity contribution in [1.82, 2.24) is 15.2 Å². The van der Waals surface area contributed by atoms with Gasteiger partial charge in [0.1, 0.15) is 22.8 Å². The van der Waals surface area contributed by atoms with Crippen LogP contribution in [0.2, 0.25) is 0 Å². The Balaban J connectivity index is 1.71. The van der Waals surface area contributed by atoms with E-state index in [-0.39, 0.29) is 23.1 Å². The predicted molar refractivity (Wildman–Crippen MR) is 121 cm³/mol. The van der Waals surface area contributed by atoms with Crippen LogP contribution in [0.1, 0.15) is 19.5 Å². The van der Waals surface area contributed by atoms with Crippen LogP contribution in [-0.2, 0) is 33.4 Å². The lowest BCUT2D eigenvalue weighted by Gasteiger charge is -2.49. The van der Waals surface area contributed by atoms with Crippen LogP contribution in [0.4, 0.5) is 5.13 Å². The van der Waals surface area contributed by atoms with Crippen LogP contribution in [0.15, 0.2) is 21.8 Å². The van der Waals surface area contributed by atoms with Gasteiger partial charge in [-0.3, -0.25) is 19.3 Å². The molecule has 1 fully saturated rings. The summed E-state index contributed by atoms with van der Waals surface area (Å²) in [6.07, 6.45) is 0. The molecule has 34 heavy (non-hydrogen) atoms. The predicted octanol–water partition coefficient (Wildman–Crippen LogP) is -0.0961. The highest BCUT2D eigenvalue weighted by molar-refractivity contribution is 8.00. The van der Waals surface area contributed by atoms with E-state index in [1.807, 2.05) is 0 Å². The number of oxime groups is 1. The summed E-state index contributed by atoms with van der Waals surface area (Å²) in [4.78, 5) is 55.0. The van der Waals surface area contributed by atoms with Crippen molar-refractivity contribution in [3.8, 4) is 0 Å². The van der Waals surface area contributed by atoms with Crippen LogP contribution in [0.25, 0.3) is 0 Å². The first-order chi connectivity index (χ1) is 16.2. The number of hydrogen-bond acceptors (Lipinski definition) is 13. The lowest BCUT2D eigenvalue weighted by atomic mass is 10.0. The van der Waals surface area contributed by atoms with Crippen molar-refractivity contribution >= 4 is 57.7 Å². The first-order valence-electron chi connectivity index (χ1n) is 9.93. The minimum Gasteiger partial charge on any atom is -0.428 e. The minimum atomic E-state index is -0.990. The first kappa shape index (κ1) is 25.5. The van der Waals surface area contributed by atoms with Crippen molar-refractivity contribution in [2.24, 2.45) is 11.1 Å². The second kappa shape index (κ2) is 10.8. The molecule has 13 nitrogen and oxygen atoms in total. The van der Waals surface area contributed by atoms with E-state index in [9.17, 15) is 24.4 Å². The monoisotopic (exact) mass is 513 g/mol. The molecular formula is C19H23N5O8S2. The molecule has 3 rings (SSSR count). The molecule has 2 amide bonds. The van der Waals surface area contributed by atoms with Gasteiger partial charge in [0.2, 0.25) is 6.79 Å². The molecular weight excluding hydrogens is 490 g/mol. The summed E-state index contributed by atoms with van der Waals surface area (Å²) >= 11 is 2.37. The Bertz CT molecular complexity index is 1050. The van der Waals surface area contributed by atoms with E-state index in [1.165, 1.54) is 29.2 Å². The molecule has 2 aliphatic heterocycles. The summed E-state index contributed by atoms with van der Waals surface area (Å²) in [5.74, 6) is -2.87. The normalized spacial score (nSPS) is 20.1. The summed E-state index contributed by atoms with van der Waals surface area (Å²) < 4.78 is 15.1. The molecule has 15 heteroatoms. The maximum atomic E-state index is 12.9. The van der Waals surface area contributed by atoms with Crippen LogP contribution < -0.4 is 11.1 Å². The summed E-state index contributed by atoms with van der Waals surface area (Å²) in [6, 6.07) is -0.990. The smallest absolute Gasteiger partial charge is 0.358 e. The molecule has 1 unspecified atom stereocenters. The largest absolute Gasteiger partial charge is 0.428 e. The average Bonchev–Trinajstić information content (AvgIpc) is 3.23. The molecule has 0 spiro atoms. The Hall–Kier alpha value is -3.17. The summed E-state index contributed by atoms with van der Waals surface area (Å²) in [5.41, 5.74) is 5.70. The molecule has 4 N–H and O–H groups in total. The Morgan fingerprint density at radius 3 is 2.71 bits per heavy atom. The number of nitrogens with zero attached hydrogens (tertiary/aromatic N) is 3. The molecule has 184 valence electrons. The van der Waals surface area contributed by atoms with Gasteiger partial charge in [0.15, 0.2) is 10.8 Å². The van der Waals surface area contributed by atoms with Gasteiger partial charge in [-0.05, 0) is 5.57 Å². The van der Waals surface area contributed by atoms with E-state index in [4.69, 9.17) is 19.9 Å². The molecule has 2 aliphatic rings. The number of rotatable bonds is 9. The highest BCUT2D eigenvalue weighted by Crippen LogP contribution is 2.40. The van der Waals surface area contributed by atoms with Crippen LogP contribution in [0.5, 0.6) is 0 Å². The van der Waals surface area contributed by atoms with Gasteiger partial charge in [0.05, 0.1) is 12.5 Å². The molecule has 0 aliphatic carbocycles. The van der Waals surface area contributed by atoms with Crippen molar-refractivity contribution in [2.45, 2.75) is 25.3 Å². The van der Waals surface area contributed by atoms with Crippen molar-refractivity contribution in [3.63, 3.8) is 0 Å². The van der Waals surface area contributed by atoms with Gasteiger partial charge in [-0.15, -0.1) is 23.1 Å². The fraction of sp³-hybridized carbons (Fsp3) is 0.474. The Labute approximate surface area is 202 Å². The van der Waals surface area contributed by atoms with Gasteiger partial charge in [0, 0.05) is 18.2 Å². The molecule has 0 aromatic carbocycles. The maximum absolute atomic E-state index is 12.9. The Morgan fingerprint density at radius 1 is 1.38 bits per heavy atom. The summed E-state index contributed by atoms with van der Waals surface area (Å²) in [6.45, 7) is 2.74. The van der Waals surface area contributed by atoms with Crippen LogP contribution in [-0.4, -0.2) is 82.2 Å². The lowest BCUT2D eigenvalue weighted by Crippen LogP contribution is -2.71. The number of esters is 2. The molecule has 1 saturated heterocycles. The fourth-order valence-electron chi connectivity index (χ4n) is 3.15. The standard InChI is InChI=1S/C19H23N5O8S2/c1-8(2)17(27)31-7-32-18(28)13-9(4-30-3)5-33-16-12(15(26)24(13)16)22-14(25)11(23-29)10-6-34-19(20)21-10/h6,8,12,16,29H,4-5,7H2,1-3H3,(H2,20,21)(H,22,25)/b23-11-/t12?,16-/m1/s1. The molecule has 1 aromatic rings. The number of nitrogen functional groups attached to an aromatic ring is 1. The highest BCUT2D eigenvalue weighted by atomic mass is 32.2. The van der Waals surface area contributed by atoms with Crippen molar-refractivity contribution < 1.29 is 38.6 Å². The lowest BCUT2D eigenvalue weighted by molar-refractivity contribution is -0.170. The summed E-state index contributed by atoms with van der Waals surface area (Å²) in [5, 5.41) is 15.7. The van der Waals surface area contributed by atoms with E-state index in [2.05, 4.69) is 15.5 Å². The topological polar surface area (TPSA) is 183 Å². The molecule has 0 saturated carbocycles. The zero-order valence-corrected chi connectivity index (χ0v) is 20.1. The number of carbonyl (C=O) groups is 4. The van der Waals surface area contributed by atoms with E-state index >= 15 is 0 Å². The number of hydrogen-bond donors (Lipinski definition) is 3. The minimum absolute atomic E-state index is 0.0231. The van der Waals surface area contributed by atoms with Crippen LogP contribution in [0.3, 0.4) is 0 Å². The number of thioether (sulfide) groups is 1. The number of amides is 2. The second-order valence-electron chi connectivity index (χ2n) is 7.43. The number of ether oxygens (including phenoxy) is 3. The number of anilines is 1. The zero-order chi connectivity index (χ0) is 25.0.